The van der Waals surface area contributed by atoms with Crippen molar-refractivity contribution < 1.29 is 26.4 Å². The fourth-order valence-corrected chi connectivity index (χ4v) is 4.87. The van der Waals surface area contributed by atoms with Crippen LogP contribution in [0.1, 0.15) is 29.8 Å². The number of carbonyl (C=O) groups excluding carboxylic acids is 1. The maximum atomic E-state index is 13.4. The SMILES string of the molecule is C=CCN(c1cccc(C(F)(F)F)c1)S(=O)(=O)c1cc(C(=O)N(CC)CC)ccc1Cl. The van der Waals surface area contributed by atoms with E-state index >= 15 is 0 Å². The van der Waals surface area contributed by atoms with E-state index in [1.165, 1.54) is 29.2 Å². The molecule has 0 aliphatic rings. The van der Waals surface area contributed by atoms with Crippen molar-refractivity contribution in [2.75, 3.05) is 23.9 Å². The number of hydrogen-bond acceptors (Lipinski definition) is 3. The standard InChI is InChI=1S/C21H22ClF3N2O3S/c1-4-12-27(17-9-7-8-16(14-17)21(23,24)25)31(29,30)19-13-15(10-11-18(19)22)20(28)26(5-2)6-3/h4,7-11,13-14H,1,5-6,12H2,2-3H3. The summed E-state index contributed by atoms with van der Waals surface area (Å²) in [4.78, 5) is 13.8. The summed E-state index contributed by atoms with van der Waals surface area (Å²) < 4.78 is 66.9. The minimum absolute atomic E-state index is 0.106. The Morgan fingerprint density at radius 3 is 2.32 bits per heavy atom. The highest BCUT2D eigenvalue weighted by Crippen LogP contribution is 2.34. The smallest absolute Gasteiger partial charge is 0.339 e. The molecule has 2 aromatic carbocycles. The van der Waals surface area contributed by atoms with Gasteiger partial charge in [0.25, 0.3) is 15.9 Å². The molecule has 0 aromatic heterocycles. The third-order valence-electron chi connectivity index (χ3n) is 4.55. The molecule has 0 aliphatic carbocycles. The van der Waals surface area contributed by atoms with E-state index in [0.717, 1.165) is 28.6 Å². The van der Waals surface area contributed by atoms with Gasteiger partial charge in [-0.2, -0.15) is 13.2 Å². The van der Waals surface area contributed by atoms with E-state index in [0.29, 0.717) is 13.1 Å². The first kappa shape index (κ1) is 24.7. The van der Waals surface area contributed by atoms with Crippen LogP contribution in [0.4, 0.5) is 18.9 Å². The molecule has 0 N–H and O–H groups in total. The first-order valence-electron chi connectivity index (χ1n) is 9.37. The van der Waals surface area contributed by atoms with Gasteiger partial charge >= 0.3 is 6.18 Å². The second-order valence-electron chi connectivity index (χ2n) is 6.50. The largest absolute Gasteiger partial charge is 0.416 e. The Balaban J connectivity index is 2.61. The van der Waals surface area contributed by atoms with Gasteiger partial charge < -0.3 is 4.90 Å². The molecule has 0 saturated carbocycles. The molecule has 1 amide bonds. The Morgan fingerprint density at radius 1 is 1.13 bits per heavy atom. The number of alkyl halides is 3. The van der Waals surface area contributed by atoms with Crippen LogP contribution in [-0.2, 0) is 16.2 Å². The van der Waals surface area contributed by atoms with Crippen LogP contribution < -0.4 is 4.31 Å². The van der Waals surface area contributed by atoms with Crippen LogP contribution in [-0.4, -0.2) is 38.9 Å². The molecule has 2 rings (SSSR count). The molecule has 10 heteroatoms. The molecule has 5 nitrogen and oxygen atoms in total. The van der Waals surface area contributed by atoms with Gasteiger partial charge in [0.1, 0.15) is 4.90 Å². The number of carbonyl (C=O) groups is 1. The molecule has 0 saturated heterocycles. The van der Waals surface area contributed by atoms with Crippen molar-refractivity contribution >= 4 is 33.2 Å². The van der Waals surface area contributed by atoms with Crippen molar-refractivity contribution in [1.82, 2.24) is 4.90 Å². The quantitative estimate of drug-likeness (QED) is 0.493. The van der Waals surface area contributed by atoms with Crippen LogP contribution in [0, 0.1) is 0 Å². The lowest BCUT2D eigenvalue weighted by atomic mass is 10.2. The summed E-state index contributed by atoms with van der Waals surface area (Å²) in [5.41, 5.74) is -1.09. The van der Waals surface area contributed by atoms with Gasteiger partial charge in [-0.3, -0.25) is 9.10 Å². The summed E-state index contributed by atoms with van der Waals surface area (Å²) >= 11 is 6.13. The summed E-state index contributed by atoms with van der Waals surface area (Å²) in [6, 6.07) is 7.77. The predicted molar refractivity (Wildman–Crippen MR) is 115 cm³/mol. The van der Waals surface area contributed by atoms with Gasteiger partial charge in [-0.15, -0.1) is 6.58 Å². The van der Waals surface area contributed by atoms with E-state index in [1.807, 2.05) is 0 Å². The zero-order chi connectivity index (χ0) is 23.4. The van der Waals surface area contributed by atoms with Gasteiger partial charge in [0, 0.05) is 18.7 Å². The molecule has 0 fully saturated rings. The Kier molecular flexibility index (Phi) is 7.77. The van der Waals surface area contributed by atoms with E-state index in [9.17, 15) is 26.4 Å². The van der Waals surface area contributed by atoms with Crippen LogP contribution in [0.5, 0.6) is 0 Å². The maximum Gasteiger partial charge on any atom is 0.416 e. The Morgan fingerprint density at radius 2 is 1.77 bits per heavy atom. The van der Waals surface area contributed by atoms with Gasteiger partial charge in [0.15, 0.2) is 0 Å². The average molecular weight is 475 g/mol. The lowest BCUT2D eigenvalue weighted by Crippen LogP contribution is -2.33. The van der Waals surface area contributed by atoms with Crippen LogP contribution in [0.3, 0.4) is 0 Å². The van der Waals surface area contributed by atoms with Crippen molar-refractivity contribution in [1.29, 1.82) is 0 Å². The van der Waals surface area contributed by atoms with Crippen LogP contribution in [0.25, 0.3) is 0 Å². The molecule has 168 valence electrons. The fraction of sp³-hybridized carbons (Fsp3) is 0.286. The molecule has 0 bridgehead atoms. The highest BCUT2D eigenvalue weighted by Gasteiger charge is 2.33. The third-order valence-corrected chi connectivity index (χ3v) is 6.83. The molecule has 0 unspecified atom stereocenters. The lowest BCUT2D eigenvalue weighted by Gasteiger charge is -2.25. The maximum absolute atomic E-state index is 13.4. The van der Waals surface area contributed by atoms with Gasteiger partial charge in [-0.1, -0.05) is 23.7 Å². The van der Waals surface area contributed by atoms with Crippen molar-refractivity contribution in [3.63, 3.8) is 0 Å². The highest BCUT2D eigenvalue weighted by atomic mass is 35.5. The first-order chi connectivity index (χ1) is 14.5. The van der Waals surface area contributed by atoms with Crippen molar-refractivity contribution in [2.24, 2.45) is 0 Å². The minimum atomic E-state index is -4.65. The normalized spacial score (nSPS) is 11.8. The topological polar surface area (TPSA) is 57.7 Å². The zero-order valence-electron chi connectivity index (χ0n) is 17.0. The van der Waals surface area contributed by atoms with E-state index in [1.54, 1.807) is 13.8 Å². The van der Waals surface area contributed by atoms with Crippen LogP contribution >= 0.6 is 11.6 Å². The summed E-state index contributed by atoms with van der Waals surface area (Å²) in [7, 11) is -4.41. The Hall–Kier alpha value is -2.52. The molecular weight excluding hydrogens is 453 g/mol. The first-order valence-corrected chi connectivity index (χ1v) is 11.2. The van der Waals surface area contributed by atoms with Crippen molar-refractivity contribution in [3.05, 3.63) is 71.3 Å². The monoisotopic (exact) mass is 474 g/mol. The van der Waals surface area contributed by atoms with Gasteiger partial charge in [0.05, 0.1) is 22.8 Å². The van der Waals surface area contributed by atoms with Gasteiger partial charge in [-0.05, 0) is 50.2 Å². The number of benzene rings is 2. The summed E-state index contributed by atoms with van der Waals surface area (Å²) in [6.07, 6.45) is -3.40. The summed E-state index contributed by atoms with van der Waals surface area (Å²) in [5.74, 6) is -0.382. The van der Waals surface area contributed by atoms with Crippen molar-refractivity contribution in [2.45, 2.75) is 24.9 Å². The van der Waals surface area contributed by atoms with Gasteiger partial charge in [0.2, 0.25) is 0 Å². The number of anilines is 1. The van der Waals surface area contributed by atoms with E-state index in [-0.39, 0.29) is 33.6 Å². The summed E-state index contributed by atoms with van der Waals surface area (Å²) in [6.45, 7) is 7.62. The molecule has 31 heavy (non-hydrogen) atoms. The number of rotatable bonds is 8. The second-order valence-corrected chi connectivity index (χ2v) is 8.73. The second kappa shape index (κ2) is 9.74. The van der Waals surface area contributed by atoms with Gasteiger partial charge in [-0.25, -0.2) is 8.42 Å². The predicted octanol–water partition coefficient (Wildman–Crippen LogP) is 5.22. The molecular formula is C21H22ClF3N2O3S. The van der Waals surface area contributed by atoms with Crippen molar-refractivity contribution in [3.8, 4) is 0 Å². The lowest BCUT2D eigenvalue weighted by molar-refractivity contribution is -0.137. The Labute approximate surface area is 184 Å². The highest BCUT2D eigenvalue weighted by molar-refractivity contribution is 7.93. The van der Waals surface area contributed by atoms with Crippen LogP contribution in [0.2, 0.25) is 5.02 Å². The number of nitrogens with zero attached hydrogens (tertiary/aromatic N) is 2. The number of sulfonamides is 1. The third kappa shape index (κ3) is 5.40. The minimum Gasteiger partial charge on any atom is -0.339 e. The molecule has 0 spiro atoms. The molecule has 0 heterocycles. The van der Waals surface area contributed by atoms with E-state index < -0.39 is 21.8 Å². The van der Waals surface area contributed by atoms with E-state index in [2.05, 4.69) is 6.58 Å². The van der Waals surface area contributed by atoms with E-state index in [4.69, 9.17) is 11.6 Å². The number of halogens is 4. The molecule has 0 aliphatic heterocycles. The average Bonchev–Trinajstić information content (AvgIpc) is 2.72. The zero-order valence-corrected chi connectivity index (χ0v) is 18.6. The molecule has 2 aromatic rings. The fourth-order valence-electron chi connectivity index (χ4n) is 2.94. The summed E-state index contributed by atoms with van der Waals surface area (Å²) in [5, 5.41) is -0.155. The molecule has 0 radical (unpaired) electrons. The number of hydrogen-bond donors (Lipinski definition) is 0. The number of amides is 1. The van der Waals surface area contributed by atoms with Crippen LogP contribution in [0.15, 0.2) is 60.0 Å². The Bertz CT molecular complexity index is 1070. The molecule has 0 atom stereocenters.